The molecule has 41 heavy (non-hydrogen) atoms. The van der Waals surface area contributed by atoms with Crippen LogP contribution in [0.25, 0.3) is 0 Å². The summed E-state index contributed by atoms with van der Waals surface area (Å²) in [5.41, 5.74) is 1.80. The molecule has 3 rings (SSSR count). The molecule has 218 valence electrons. The highest BCUT2D eigenvalue weighted by Crippen LogP contribution is 2.29. The van der Waals surface area contributed by atoms with Gasteiger partial charge in [0.2, 0.25) is 11.8 Å². The van der Waals surface area contributed by atoms with Crippen LogP contribution in [0.5, 0.6) is 5.75 Å². The molecule has 0 unspecified atom stereocenters. The van der Waals surface area contributed by atoms with E-state index in [0.29, 0.717) is 17.9 Å². The van der Waals surface area contributed by atoms with Gasteiger partial charge < -0.3 is 15.0 Å². The third-order valence-corrected chi connectivity index (χ3v) is 8.33. The number of carbonyl (C=O) groups excluding carboxylic acids is 2. The van der Waals surface area contributed by atoms with Crippen LogP contribution in [-0.4, -0.2) is 56.3 Å². The molecule has 0 bridgehead atoms. The van der Waals surface area contributed by atoms with Crippen molar-refractivity contribution in [1.82, 2.24) is 10.2 Å². The Morgan fingerprint density at radius 1 is 1.05 bits per heavy atom. The number of nitrogens with one attached hydrogen (secondary N) is 1. The summed E-state index contributed by atoms with van der Waals surface area (Å²) in [4.78, 5) is 38.6. The summed E-state index contributed by atoms with van der Waals surface area (Å²) in [7, 11) is -3.01. The number of hydrogen-bond acceptors (Lipinski definition) is 7. The average molecular weight is 583 g/mol. The topological polar surface area (TPSA) is 139 Å². The second-order valence-electron chi connectivity index (χ2n) is 9.50. The number of carbonyl (C=O) groups is 2. The summed E-state index contributed by atoms with van der Waals surface area (Å²) in [5.74, 6) is -0.554. The van der Waals surface area contributed by atoms with Gasteiger partial charge in [0.1, 0.15) is 18.3 Å². The lowest BCUT2D eigenvalue weighted by molar-refractivity contribution is -0.385. The van der Waals surface area contributed by atoms with Crippen molar-refractivity contribution in [2.45, 2.75) is 45.2 Å². The summed E-state index contributed by atoms with van der Waals surface area (Å²) >= 11 is 0. The van der Waals surface area contributed by atoms with Crippen molar-refractivity contribution >= 4 is 33.2 Å². The third-order valence-electron chi connectivity index (χ3n) is 6.56. The van der Waals surface area contributed by atoms with Crippen LogP contribution in [0.15, 0.2) is 71.6 Å². The van der Waals surface area contributed by atoms with Gasteiger partial charge in [-0.3, -0.25) is 24.0 Å². The molecule has 0 fully saturated rings. The molecule has 0 heterocycles. The molecule has 0 aliphatic rings. The van der Waals surface area contributed by atoms with Crippen LogP contribution >= 0.6 is 0 Å². The fourth-order valence-electron chi connectivity index (χ4n) is 4.26. The molecule has 0 spiro atoms. The van der Waals surface area contributed by atoms with E-state index in [9.17, 15) is 28.1 Å². The maximum absolute atomic E-state index is 14.0. The second-order valence-corrected chi connectivity index (χ2v) is 11.4. The predicted molar refractivity (Wildman–Crippen MR) is 155 cm³/mol. The number of benzene rings is 3. The number of nitro groups is 1. The van der Waals surface area contributed by atoms with Crippen molar-refractivity contribution in [3.8, 4) is 5.75 Å². The van der Waals surface area contributed by atoms with E-state index in [4.69, 9.17) is 4.74 Å². The zero-order valence-electron chi connectivity index (χ0n) is 23.7. The van der Waals surface area contributed by atoms with E-state index in [1.807, 2.05) is 31.2 Å². The first-order chi connectivity index (χ1) is 19.4. The smallest absolute Gasteiger partial charge is 0.273 e. The van der Waals surface area contributed by atoms with Gasteiger partial charge in [-0.1, -0.05) is 35.9 Å². The molecule has 3 aromatic carbocycles. The Hall–Kier alpha value is -4.45. The fraction of sp³-hybridized carbons (Fsp3) is 0.310. The van der Waals surface area contributed by atoms with Gasteiger partial charge in [-0.15, -0.1) is 0 Å². The lowest BCUT2D eigenvalue weighted by Crippen LogP contribution is -2.51. The Morgan fingerprint density at radius 3 is 2.32 bits per heavy atom. The van der Waals surface area contributed by atoms with E-state index < -0.39 is 33.4 Å². The van der Waals surface area contributed by atoms with Crippen molar-refractivity contribution in [1.29, 1.82) is 0 Å². The maximum Gasteiger partial charge on any atom is 0.273 e. The number of rotatable bonds is 12. The molecule has 0 aliphatic carbocycles. The van der Waals surface area contributed by atoms with Crippen LogP contribution in [0.3, 0.4) is 0 Å². The van der Waals surface area contributed by atoms with Crippen LogP contribution in [-0.2, 0) is 26.2 Å². The van der Waals surface area contributed by atoms with Crippen LogP contribution in [0.2, 0.25) is 0 Å². The number of sulfonamides is 1. The third kappa shape index (κ3) is 7.40. The van der Waals surface area contributed by atoms with Gasteiger partial charge >= 0.3 is 0 Å². The van der Waals surface area contributed by atoms with Crippen molar-refractivity contribution in [2.24, 2.45) is 0 Å². The first-order valence-corrected chi connectivity index (χ1v) is 14.4. The van der Waals surface area contributed by atoms with E-state index in [0.717, 1.165) is 21.5 Å². The van der Waals surface area contributed by atoms with Crippen molar-refractivity contribution < 1.29 is 27.7 Å². The summed E-state index contributed by atoms with van der Waals surface area (Å²) in [5, 5.41) is 14.3. The highest BCUT2D eigenvalue weighted by molar-refractivity contribution is 7.92. The molecular formula is C29H34N4O7S. The van der Waals surface area contributed by atoms with Crippen molar-refractivity contribution in [2.75, 3.05) is 24.5 Å². The highest BCUT2D eigenvalue weighted by Gasteiger charge is 2.33. The number of amides is 2. The van der Waals surface area contributed by atoms with Gasteiger partial charge in [-0.2, -0.15) is 0 Å². The summed E-state index contributed by atoms with van der Waals surface area (Å²) in [6.45, 7) is 6.50. The quantitative estimate of drug-likeness (QED) is 0.252. The monoisotopic (exact) mass is 582 g/mol. The Labute approximate surface area is 239 Å². The van der Waals surface area contributed by atoms with Crippen LogP contribution in [0, 0.1) is 24.0 Å². The van der Waals surface area contributed by atoms with E-state index in [-0.39, 0.29) is 28.7 Å². The normalized spacial score (nSPS) is 11.8. The standard InChI is InChI=1S/C29H34N4O7S/c1-6-30-29(35)22(4)31(18-23-9-7-8-20(2)16-23)28(34)19-32(24-11-13-25(40-5)14-12-24)41(38,39)26-15-10-21(3)27(17-26)33(36)37/h7-17,22H,6,18-19H2,1-5H3,(H,30,35)/t22-/m1/s1. The number of anilines is 1. The number of nitro benzene ring substituents is 1. The van der Waals surface area contributed by atoms with Crippen molar-refractivity contribution in [3.05, 3.63) is 93.5 Å². The van der Waals surface area contributed by atoms with E-state index in [1.165, 1.54) is 43.2 Å². The van der Waals surface area contributed by atoms with E-state index in [2.05, 4.69) is 5.32 Å². The predicted octanol–water partition coefficient (Wildman–Crippen LogP) is 3.97. The number of aryl methyl sites for hydroxylation is 2. The lowest BCUT2D eigenvalue weighted by atomic mass is 10.1. The molecule has 1 atom stereocenters. The molecule has 0 aromatic heterocycles. The van der Waals surface area contributed by atoms with Crippen LogP contribution in [0.1, 0.15) is 30.5 Å². The first kappa shape index (κ1) is 31.1. The van der Waals surface area contributed by atoms with Gasteiger partial charge in [-0.05, 0) is 63.6 Å². The van der Waals surface area contributed by atoms with Gasteiger partial charge in [0.25, 0.3) is 15.7 Å². The number of hydrogen-bond donors (Lipinski definition) is 1. The number of ether oxygens (including phenoxy) is 1. The highest BCUT2D eigenvalue weighted by atomic mass is 32.2. The number of likely N-dealkylation sites (N-methyl/N-ethyl adjacent to an activating group) is 1. The van der Waals surface area contributed by atoms with Crippen molar-refractivity contribution in [3.63, 3.8) is 0 Å². The molecule has 0 radical (unpaired) electrons. The summed E-state index contributed by atoms with van der Waals surface area (Å²) < 4.78 is 34.0. The number of nitrogens with zero attached hydrogens (tertiary/aromatic N) is 3. The van der Waals surface area contributed by atoms with Gasteiger partial charge in [0.15, 0.2) is 0 Å². The molecule has 2 amide bonds. The zero-order valence-corrected chi connectivity index (χ0v) is 24.5. The van der Waals surface area contributed by atoms with Gasteiger partial charge in [0, 0.05) is 24.7 Å². The Balaban J connectivity index is 2.09. The van der Waals surface area contributed by atoms with Crippen LogP contribution in [0.4, 0.5) is 11.4 Å². The minimum absolute atomic E-state index is 0.0608. The van der Waals surface area contributed by atoms with E-state index >= 15 is 0 Å². The van der Waals surface area contributed by atoms with Gasteiger partial charge in [0.05, 0.1) is 22.6 Å². The minimum Gasteiger partial charge on any atom is -0.497 e. The van der Waals surface area contributed by atoms with Crippen LogP contribution < -0.4 is 14.4 Å². The molecule has 3 aromatic rings. The molecule has 0 saturated heterocycles. The molecular weight excluding hydrogens is 548 g/mol. The first-order valence-electron chi connectivity index (χ1n) is 12.9. The minimum atomic E-state index is -4.47. The second kappa shape index (κ2) is 13.3. The SMILES string of the molecule is CCNC(=O)[C@@H](C)N(Cc1cccc(C)c1)C(=O)CN(c1ccc(OC)cc1)S(=O)(=O)c1ccc(C)c([N+](=O)[O-])c1. The largest absolute Gasteiger partial charge is 0.497 e. The Bertz CT molecular complexity index is 1520. The molecule has 12 heteroatoms. The lowest BCUT2D eigenvalue weighted by Gasteiger charge is -2.32. The fourth-order valence-corrected chi connectivity index (χ4v) is 5.70. The Morgan fingerprint density at radius 2 is 1.73 bits per heavy atom. The molecule has 1 N–H and O–H groups in total. The Kier molecular flexibility index (Phi) is 10.1. The summed E-state index contributed by atoms with van der Waals surface area (Å²) in [6.07, 6.45) is 0. The number of methoxy groups -OCH3 is 1. The average Bonchev–Trinajstić information content (AvgIpc) is 2.94. The molecule has 11 nitrogen and oxygen atoms in total. The van der Waals surface area contributed by atoms with E-state index in [1.54, 1.807) is 26.0 Å². The molecule has 0 saturated carbocycles. The summed E-state index contributed by atoms with van der Waals surface area (Å²) in [6, 6.07) is 16.2. The maximum atomic E-state index is 14.0. The van der Waals surface area contributed by atoms with Gasteiger partial charge in [-0.25, -0.2) is 8.42 Å². The zero-order chi connectivity index (χ0) is 30.3. The molecule has 0 aliphatic heterocycles.